The predicted octanol–water partition coefficient (Wildman–Crippen LogP) is 3.54. The summed E-state index contributed by atoms with van der Waals surface area (Å²) in [6.45, 7) is 4.06. The Morgan fingerprint density at radius 3 is 2.71 bits per heavy atom. The smallest absolute Gasteiger partial charge is 0.0837 e. The minimum absolute atomic E-state index is 0.101. The molecule has 0 amide bonds. The third-order valence-corrected chi connectivity index (χ3v) is 3.87. The van der Waals surface area contributed by atoms with E-state index < -0.39 is 0 Å². The van der Waals surface area contributed by atoms with Crippen molar-refractivity contribution in [2.24, 2.45) is 0 Å². The van der Waals surface area contributed by atoms with Crippen molar-refractivity contribution in [1.29, 1.82) is 0 Å². The molecule has 0 fully saturated rings. The highest BCUT2D eigenvalue weighted by atomic mass is 35.5. The maximum atomic E-state index is 6.35. The summed E-state index contributed by atoms with van der Waals surface area (Å²) in [7, 11) is 1.67. The highest BCUT2D eigenvalue weighted by Gasteiger charge is 2.23. The number of benzene rings is 1. The quantitative estimate of drug-likeness (QED) is 0.845. The third kappa shape index (κ3) is 3.77. The molecule has 0 bridgehead atoms. The molecule has 114 valence electrons. The average molecular weight is 328 g/mol. The summed E-state index contributed by atoms with van der Waals surface area (Å²) < 4.78 is 6.99. The Hall–Kier alpha value is -1.07. The van der Waals surface area contributed by atoms with Gasteiger partial charge in [0.1, 0.15) is 0 Å². The number of hydrogen-bond acceptors (Lipinski definition) is 3. The van der Waals surface area contributed by atoms with E-state index in [-0.39, 0.29) is 6.04 Å². The van der Waals surface area contributed by atoms with Gasteiger partial charge in [0.25, 0.3) is 0 Å². The zero-order valence-corrected chi connectivity index (χ0v) is 13.7. The molecule has 4 nitrogen and oxygen atoms in total. The van der Waals surface area contributed by atoms with Gasteiger partial charge in [-0.25, -0.2) is 0 Å². The lowest BCUT2D eigenvalue weighted by atomic mass is 10.0. The summed E-state index contributed by atoms with van der Waals surface area (Å²) in [5.41, 5.74) is 1.89. The van der Waals surface area contributed by atoms with Crippen LogP contribution in [0.5, 0.6) is 0 Å². The van der Waals surface area contributed by atoms with Gasteiger partial charge in [0.2, 0.25) is 0 Å². The van der Waals surface area contributed by atoms with Gasteiger partial charge in [-0.15, -0.1) is 0 Å². The summed E-state index contributed by atoms with van der Waals surface area (Å²) in [6, 6.07) is 7.66. The fraction of sp³-hybridized carbons (Fsp3) is 0.400. The predicted molar refractivity (Wildman–Crippen MR) is 86.1 cm³/mol. The topological polar surface area (TPSA) is 39.1 Å². The van der Waals surface area contributed by atoms with Crippen LogP contribution in [-0.4, -0.2) is 30.0 Å². The first-order chi connectivity index (χ1) is 10.2. The highest BCUT2D eigenvalue weighted by Crippen LogP contribution is 2.32. The summed E-state index contributed by atoms with van der Waals surface area (Å²) in [4.78, 5) is 0. The SMILES string of the molecule is CCNC(c1ccccc1Cl)c1c(Cl)cnn1CCOC. The monoisotopic (exact) mass is 327 g/mol. The van der Waals surface area contributed by atoms with Crippen molar-refractivity contribution in [3.8, 4) is 0 Å². The molecule has 0 aliphatic rings. The molecular formula is C15H19Cl2N3O. The van der Waals surface area contributed by atoms with Crippen molar-refractivity contribution < 1.29 is 4.74 Å². The van der Waals surface area contributed by atoms with Crippen molar-refractivity contribution in [3.63, 3.8) is 0 Å². The molecule has 2 aromatic rings. The van der Waals surface area contributed by atoms with Crippen LogP contribution in [0.3, 0.4) is 0 Å². The van der Waals surface area contributed by atoms with E-state index in [9.17, 15) is 0 Å². The van der Waals surface area contributed by atoms with Gasteiger partial charge in [-0.05, 0) is 18.2 Å². The van der Waals surface area contributed by atoms with Gasteiger partial charge in [-0.1, -0.05) is 48.3 Å². The molecule has 1 heterocycles. The summed E-state index contributed by atoms with van der Waals surface area (Å²) in [6.07, 6.45) is 1.66. The van der Waals surface area contributed by atoms with Crippen LogP contribution in [-0.2, 0) is 11.3 Å². The van der Waals surface area contributed by atoms with E-state index in [1.165, 1.54) is 0 Å². The molecule has 6 heteroatoms. The number of halogens is 2. The summed E-state index contributed by atoms with van der Waals surface area (Å²) in [5.74, 6) is 0. The van der Waals surface area contributed by atoms with Crippen LogP contribution >= 0.6 is 23.2 Å². The van der Waals surface area contributed by atoms with Crippen LogP contribution in [0.15, 0.2) is 30.5 Å². The molecule has 21 heavy (non-hydrogen) atoms. The van der Waals surface area contributed by atoms with Crippen LogP contribution in [0.25, 0.3) is 0 Å². The van der Waals surface area contributed by atoms with Gasteiger partial charge in [-0.3, -0.25) is 4.68 Å². The van der Waals surface area contributed by atoms with E-state index >= 15 is 0 Å². The van der Waals surface area contributed by atoms with Gasteiger partial charge in [-0.2, -0.15) is 5.10 Å². The summed E-state index contributed by atoms with van der Waals surface area (Å²) >= 11 is 12.7. The number of aromatic nitrogens is 2. The van der Waals surface area contributed by atoms with Gasteiger partial charge >= 0.3 is 0 Å². The van der Waals surface area contributed by atoms with Crippen LogP contribution in [0.4, 0.5) is 0 Å². The molecule has 0 spiro atoms. The molecule has 0 saturated carbocycles. The van der Waals surface area contributed by atoms with Crippen molar-refractivity contribution in [3.05, 3.63) is 51.8 Å². The van der Waals surface area contributed by atoms with Crippen LogP contribution < -0.4 is 5.32 Å². The average Bonchev–Trinajstić information content (AvgIpc) is 2.84. The lowest BCUT2D eigenvalue weighted by Gasteiger charge is -2.21. The van der Waals surface area contributed by atoms with Gasteiger partial charge in [0, 0.05) is 12.1 Å². The number of methoxy groups -OCH3 is 1. The Bertz CT molecular complexity index is 586. The standard InChI is InChI=1S/C15H19Cl2N3O/c1-3-18-14(11-6-4-5-7-12(11)16)15-13(17)10-19-20(15)8-9-21-2/h4-7,10,14,18H,3,8-9H2,1-2H3. The zero-order chi connectivity index (χ0) is 15.2. The normalized spacial score (nSPS) is 12.6. The maximum Gasteiger partial charge on any atom is 0.0837 e. The number of nitrogens with zero attached hydrogens (tertiary/aromatic N) is 2. The van der Waals surface area contributed by atoms with Gasteiger partial charge < -0.3 is 10.1 Å². The molecule has 0 radical (unpaired) electrons. The molecule has 1 unspecified atom stereocenters. The number of ether oxygens (including phenoxy) is 1. The molecule has 1 atom stereocenters. The first-order valence-corrected chi connectivity index (χ1v) is 7.62. The van der Waals surface area contributed by atoms with E-state index in [4.69, 9.17) is 27.9 Å². The second kappa shape index (κ2) is 7.80. The Morgan fingerprint density at radius 1 is 1.29 bits per heavy atom. The van der Waals surface area contributed by atoms with Crippen LogP contribution in [0.2, 0.25) is 10.0 Å². The fourth-order valence-corrected chi connectivity index (χ4v) is 2.78. The fourth-order valence-electron chi connectivity index (χ4n) is 2.28. The van der Waals surface area contributed by atoms with Gasteiger partial charge in [0.05, 0.1) is 36.1 Å². The third-order valence-electron chi connectivity index (χ3n) is 3.24. The minimum Gasteiger partial charge on any atom is -0.383 e. The van der Waals surface area contributed by atoms with E-state index in [0.29, 0.717) is 23.2 Å². The largest absolute Gasteiger partial charge is 0.383 e. The zero-order valence-electron chi connectivity index (χ0n) is 12.1. The van der Waals surface area contributed by atoms with Crippen molar-refractivity contribution in [2.45, 2.75) is 19.5 Å². The molecule has 0 aliphatic carbocycles. The molecule has 0 saturated heterocycles. The molecule has 1 N–H and O–H groups in total. The van der Waals surface area contributed by atoms with Crippen molar-refractivity contribution >= 4 is 23.2 Å². The van der Waals surface area contributed by atoms with Gasteiger partial charge in [0.15, 0.2) is 0 Å². The molecule has 2 rings (SSSR count). The Kier molecular flexibility index (Phi) is 6.06. The van der Waals surface area contributed by atoms with Crippen LogP contribution in [0, 0.1) is 0 Å². The Morgan fingerprint density at radius 2 is 2.05 bits per heavy atom. The van der Waals surface area contributed by atoms with E-state index in [2.05, 4.69) is 10.4 Å². The second-order valence-corrected chi connectivity index (χ2v) is 5.42. The first kappa shape index (κ1) is 16.3. The second-order valence-electron chi connectivity index (χ2n) is 4.61. The number of nitrogens with one attached hydrogen (secondary N) is 1. The Labute approximate surface area is 135 Å². The number of rotatable bonds is 7. The molecule has 0 aliphatic heterocycles. The first-order valence-electron chi connectivity index (χ1n) is 6.87. The molecule has 1 aromatic heterocycles. The van der Waals surface area contributed by atoms with Crippen LogP contribution in [0.1, 0.15) is 24.2 Å². The van der Waals surface area contributed by atoms with E-state index in [0.717, 1.165) is 17.8 Å². The molecule has 1 aromatic carbocycles. The minimum atomic E-state index is -0.101. The van der Waals surface area contributed by atoms with Crippen molar-refractivity contribution in [2.75, 3.05) is 20.3 Å². The lowest BCUT2D eigenvalue weighted by Crippen LogP contribution is -2.26. The number of hydrogen-bond donors (Lipinski definition) is 1. The van der Waals surface area contributed by atoms with E-state index in [1.54, 1.807) is 13.3 Å². The molecular weight excluding hydrogens is 309 g/mol. The van der Waals surface area contributed by atoms with Crippen molar-refractivity contribution in [1.82, 2.24) is 15.1 Å². The van der Waals surface area contributed by atoms with E-state index in [1.807, 2.05) is 35.9 Å². The highest BCUT2D eigenvalue weighted by molar-refractivity contribution is 6.32. The lowest BCUT2D eigenvalue weighted by molar-refractivity contribution is 0.182. The maximum absolute atomic E-state index is 6.35. The summed E-state index contributed by atoms with van der Waals surface area (Å²) in [5, 5.41) is 9.09. The Balaban J connectivity index is 2.43.